The molecule has 0 amide bonds. The molecule has 238 valence electrons. The summed E-state index contributed by atoms with van der Waals surface area (Å²) in [5.41, 5.74) is 14.6. The van der Waals surface area contributed by atoms with Crippen LogP contribution in [0, 0.1) is 0 Å². The molecule has 13 rings (SSSR count). The highest BCUT2D eigenvalue weighted by Gasteiger charge is 2.46. The number of benzene rings is 5. The Kier molecular flexibility index (Phi) is 4.81. The Balaban J connectivity index is 1.23. The Morgan fingerprint density at radius 1 is 0.471 bits per heavy atom. The fourth-order valence-corrected chi connectivity index (χ4v) is 9.26. The summed E-state index contributed by atoms with van der Waals surface area (Å²) in [5, 5.41) is 4.81. The molecule has 6 nitrogen and oxygen atoms in total. The van der Waals surface area contributed by atoms with Gasteiger partial charge in [0.05, 0.1) is 33.4 Å². The van der Waals surface area contributed by atoms with E-state index in [0.717, 1.165) is 98.4 Å². The number of hydrogen-bond acceptors (Lipinski definition) is 4. The van der Waals surface area contributed by atoms with Crippen molar-refractivity contribution >= 4 is 66.7 Å². The number of rotatable bonds is 2. The smallest absolute Gasteiger partial charge is 0.265 e. The Morgan fingerprint density at radius 3 is 1.24 bits per heavy atom. The van der Waals surface area contributed by atoms with Crippen LogP contribution >= 0.6 is 0 Å². The molecule has 0 saturated carbocycles. The van der Waals surface area contributed by atoms with E-state index in [9.17, 15) is 0 Å². The molecule has 0 atom stereocenters. The first-order valence-electron chi connectivity index (χ1n) is 17.9. The zero-order valence-corrected chi connectivity index (χ0v) is 27.5. The molecule has 51 heavy (non-hydrogen) atoms. The van der Waals surface area contributed by atoms with Crippen LogP contribution in [-0.4, -0.2) is 25.8 Å². The summed E-state index contributed by atoms with van der Waals surface area (Å²) < 4.78 is 19.0. The molecule has 0 N–H and O–H groups in total. The zero-order valence-electron chi connectivity index (χ0n) is 27.5. The second-order valence-electron chi connectivity index (χ2n) is 14.3. The maximum atomic E-state index is 7.14. The summed E-state index contributed by atoms with van der Waals surface area (Å²) >= 11 is 0. The van der Waals surface area contributed by atoms with Crippen molar-refractivity contribution in [3.8, 4) is 34.6 Å². The van der Waals surface area contributed by atoms with Crippen LogP contribution in [-0.2, 0) is 25.7 Å². The number of para-hydroxylation sites is 4. The van der Waals surface area contributed by atoms with Gasteiger partial charge in [-0.25, -0.2) is 9.97 Å². The Bertz CT molecular complexity index is 2760. The van der Waals surface area contributed by atoms with Gasteiger partial charge in [-0.15, -0.1) is 0 Å². The zero-order chi connectivity index (χ0) is 32.9. The van der Waals surface area contributed by atoms with Crippen LogP contribution in [0.15, 0.2) is 115 Å². The lowest BCUT2D eigenvalue weighted by atomic mass is 9.35. The molecule has 0 saturated heterocycles. The van der Waals surface area contributed by atoms with Crippen molar-refractivity contribution in [1.29, 1.82) is 0 Å². The normalized spacial score (nSPS) is 14.6. The molecule has 0 fully saturated rings. The second-order valence-corrected chi connectivity index (χ2v) is 14.3. The highest BCUT2D eigenvalue weighted by atomic mass is 16.5. The molecule has 0 unspecified atom stereocenters. The molecule has 6 heterocycles. The van der Waals surface area contributed by atoms with Crippen LogP contribution in [0.5, 0.6) is 23.3 Å². The monoisotopic (exact) mass is 654 g/mol. The third kappa shape index (κ3) is 3.30. The Morgan fingerprint density at radius 2 is 0.863 bits per heavy atom. The predicted octanol–water partition coefficient (Wildman–Crippen LogP) is 7.60. The van der Waals surface area contributed by atoms with Gasteiger partial charge in [0.1, 0.15) is 0 Å². The summed E-state index contributed by atoms with van der Waals surface area (Å²) in [6.07, 6.45) is 4.05. The summed E-state index contributed by atoms with van der Waals surface area (Å²) in [6, 6.07) is 41.7. The average molecular weight is 655 g/mol. The lowest BCUT2D eigenvalue weighted by Crippen LogP contribution is -2.59. The quantitative estimate of drug-likeness (QED) is 0.180. The van der Waals surface area contributed by atoms with Gasteiger partial charge < -0.3 is 18.6 Å². The van der Waals surface area contributed by atoms with E-state index in [1.54, 1.807) is 0 Å². The predicted molar refractivity (Wildman–Crippen MR) is 203 cm³/mol. The minimum atomic E-state index is -0.140. The van der Waals surface area contributed by atoms with Gasteiger partial charge in [0.25, 0.3) is 6.71 Å². The standard InChI is InChI=1S/C44H27BN4O2/c1-5-13-34-26(9-1)27-10-2-6-14-35(27)48(34)38-23-39(49-36-15-7-3-11-28(36)29-12-4-8-16-37(29)49)42-40-41(38)50-43-30(21-24-17-19-32(24)46-43)45(40)31-22-25-18-20-33(25)47-44(31)51-42/h1-16,21-23H,17-20H2. The van der Waals surface area contributed by atoms with E-state index in [-0.39, 0.29) is 6.71 Å². The molecule has 9 aromatic rings. The summed E-state index contributed by atoms with van der Waals surface area (Å²) in [5.74, 6) is 2.97. The lowest BCUT2D eigenvalue weighted by molar-refractivity contribution is 0.439. The Hall–Kier alpha value is -6.34. The van der Waals surface area contributed by atoms with Crippen LogP contribution in [0.4, 0.5) is 0 Å². The van der Waals surface area contributed by atoms with Crippen LogP contribution in [0.2, 0.25) is 0 Å². The third-order valence-corrected chi connectivity index (χ3v) is 11.8. The molecule has 4 aliphatic rings. The number of ether oxygens (including phenoxy) is 2. The maximum absolute atomic E-state index is 7.14. The molecule has 7 heteroatoms. The Labute approximate surface area is 292 Å². The van der Waals surface area contributed by atoms with Gasteiger partial charge in [-0.3, -0.25) is 0 Å². The molecular formula is C44H27BN4O2. The molecule has 2 aliphatic heterocycles. The SMILES string of the molecule is c1ccc2c(c1)c1ccccc1n2-c1cc(-n2c3ccccc3c3ccccc32)c2c3c1Oc1nc4c(cc1B3c1cc3c(nc1O2)CC3)CC4. The van der Waals surface area contributed by atoms with Crippen LogP contribution in [0.3, 0.4) is 0 Å². The molecule has 4 aromatic heterocycles. The molecular weight excluding hydrogens is 627 g/mol. The van der Waals surface area contributed by atoms with Gasteiger partial charge in [0.15, 0.2) is 11.5 Å². The molecule has 5 aromatic carbocycles. The largest absolute Gasteiger partial charge is 0.438 e. The highest BCUT2D eigenvalue weighted by molar-refractivity contribution is 6.98. The van der Waals surface area contributed by atoms with E-state index in [4.69, 9.17) is 19.4 Å². The average Bonchev–Trinajstić information content (AvgIpc) is 3.66. The van der Waals surface area contributed by atoms with Gasteiger partial charge in [0, 0.05) is 38.4 Å². The van der Waals surface area contributed by atoms with E-state index >= 15 is 0 Å². The van der Waals surface area contributed by atoms with E-state index < -0.39 is 0 Å². The fourth-order valence-electron chi connectivity index (χ4n) is 9.26. The minimum Gasteiger partial charge on any atom is -0.438 e. The van der Waals surface area contributed by atoms with Crippen LogP contribution < -0.4 is 25.9 Å². The molecule has 0 spiro atoms. The number of nitrogens with zero attached hydrogens (tertiary/aromatic N) is 4. The number of aryl methyl sites for hydroxylation is 4. The number of aromatic nitrogens is 4. The van der Waals surface area contributed by atoms with Crippen molar-refractivity contribution in [2.45, 2.75) is 25.7 Å². The van der Waals surface area contributed by atoms with Crippen LogP contribution in [0.1, 0.15) is 22.5 Å². The highest BCUT2D eigenvalue weighted by Crippen LogP contribution is 2.46. The van der Waals surface area contributed by atoms with E-state index in [2.05, 4.69) is 124 Å². The molecule has 0 bridgehead atoms. The van der Waals surface area contributed by atoms with Crippen molar-refractivity contribution in [3.05, 3.63) is 138 Å². The van der Waals surface area contributed by atoms with Crippen molar-refractivity contribution in [3.63, 3.8) is 0 Å². The lowest BCUT2D eigenvalue weighted by Gasteiger charge is -2.36. The number of fused-ring (bicyclic) bond motifs is 12. The van der Waals surface area contributed by atoms with Crippen LogP contribution in [0.25, 0.3) is 55.0 Å². The second kappa shape index (κ2) is 9.26. The minimum absolute atomic E-state index is 0.140. The molecule has 2 aliphatic carbocycles. The summed E-state index contributed by atoms with van der Waals surface area (Å²) in [4.78, 5) is 10.4. The van der Waals surface area contributed by atoms with Crippen molar-refractivity contribution in [1.82, 2.24) is 19.1 Å². The summed E-state index contributed by atoms with van der Waals surface area (Å²) in [6.45, 7) is -0.140. The van der Waals surface area contributed by atoms with Gasteiger partial charge in [0.2, 0.25) is 11.8 Å². The van der Waals surface area contributed by atoms with E-state index in [1.807, 2.05) is 0 Å². The van der Waals surface area contributed by atoms with Gasteiger partial charge in [-0.2, -0.15) is 0 Å². The maximum Gasteiger partial charge on any atom is 0.265 e. The number of hydrogen-bond donors (Lipinski definition) is 0. The summed E-state index contributed by atoms with van der Waals surface area (Å²) in [7, 11) is 0. The van der Waals surface area contributed by atoms with Crippen molar-refractivity contribution in [2.75, 3.05) is 0 Å². The fraction of sp³-hybridized carbons (Fsp3) is 0.0909. The first-order chi connectivity index (χ1) is 25.3. The third-order valence-electron chi connectivity index (χ3n) is 11.8. The van der Waals surface area contributed by atoms with E-state index in [1.165, 1.54) is 32.7 Å². The topological polar surface area (TPSA) is 54.1 Å². The van der Waals surface area contributed by atoms with Gasteiger partial charge >= 0.3 is 0 Å². The van der Waals surface area contributed by atoms with Gasteiger partial charge in [-0.1, -0.05) is 84.9 Å². The first-order valence-corrected chi connectivity index (χ1v) is 17.9. The van der Waals surface area contributed by atoms with E-state index in [0.29, 0.717) is 11.8 Å². The van der Waals surface area contributed by atoms with Gasteiger partial charge in [-0.05, 0) is 78.1 Å². The first kappa shape index (κ1) is 26.5. The molecule has 0 radical (unpaired) electrons. The van der Waals surface area contributed by atoms with Crippen molar-refractivity contribution < 1.29 is 9.47 Å². The number of pyridine rings is 2. The van der Waals surface area contributed by atoms with Crippen molar-refractivity contribution in [2.24, 2.45) is 0 Å².